The molecule has 0 radical (unpaired) electrons. The van der Waals surface area contributed by atoms with Crippen molar-refractivity contribution in [1.82, 2.24) is 9.97 Å². The SMILES string of the molecule is CCCSc1cnc(Cl)nc1.NC(=O)C(F)(F)F. The van der Waals surface area contributed by atoms with Crippen molar-refractivity contribution in [3.05, 3.63) is 17.7 Å². The van der Waals surface area contributed by atoms with E-state index in [-0.39, 0.29) is 0 Å². The highest BCUT2D eigenvalue weighted by molar-refractivity contribution is 7.99. The van der Waals surface area contributed by atoms with Crippen LogP contribution in [0.2, 0.25) is 5.28 Å². The van der Waals surface area contributed by atoms with E-state index in [9.17, 15) is 13.2 Å². The van der Waals surface area contributed by atoms with E-state index in [1.54, 1.807) is 24.2 Å². The number of alkyl halides is 3. The lowest BCUT2D eigenvalue weighted by Gasteiger charge is -1.96. The largest absolute Gasteiger partial charge is 0.470 e. The van der Waals surface area contributed by atoms with Crippen molar-refractivity contribution < 1.29 is 18.0 Å². The monoisotopic (exact) mass is 301 g/mol. The maximum atomic E-state index is 10.7. The number of thioether (sulfide) groups is 1. The molecule has 0 aromatic carbocycles. The molecule has 1 heterocycles. The highest BCUT2D eigenvalue weighted by Crippen LogP contribution is 2.16. The maximum absolute atomic E-state index is 10.7. The molecular weight excluding hydrogens is 291 g/mol. The van der Waals surface area contributed by atoms with Crippen molar-refractivity contribution in [3.63, 3.8) is 0 Å². The van der Waals surface area contributed by atoms with Gasteiger partial charge in [0.15, 0.2) is 0 Å². The Morgan fingerprint density at radius 3 is 2.22 bits per heavy atom. The molecule has 0 aliphatic rings. The van der Waals surface area contributed by atoms with Gasteiger partial charge in [-0.25, -0.2) is 9.97 Å². The van der Waals surface area contributed by atoms with Crippen molar-refractivity contribution in [1.29, 1.82) is 0 Å². The zero-order valence-electron chi connectivity index (χ0n) is 9.37. The van der Waals surface area contributed by atoms with Crippen LogP contribution in [0.25, 0.3) is 0 Å². The lowest BCUT2D eigenvalue weighted by Crippen LogP contribution is -2.30. The van der Waals surface area contributed by atoms with Crippen LogP contribution in [0.1, 0.15) is 13.3 Å². The zero-order valence-corrected chi connectivity index (χ0v) is 10.9. The molecule has 0 bridgehead atoms. The molecule has 0 fully saturated rings. The highest BCUT2D eigenvalue weighted by Gasteiger charge is 2.35. The number of amides is 1. The van der Waals surface area contributed by atoms with E-state index in [0.29, 0.717) is 5.28 Å². The van der Waals surface area contributed by atoms with Crippen LogP contribution in [0, 0.1) is 0 Å². The summed E-state index contributed by atoms with van der Waals surface area (Å²) >= 11 is 7.26. The third-order valence-corrected chi connectivity index (χ3v) is 2.70. The van der Waals surface area contributed by atoms with Crippen molar-refractivity contribution >= 4 is 29.3 Å². The fraction of sp³-hybridized carbons (Fsp3) is 0.444. The Morgan fingerprint density at radius 1 is 1.44 bits per heavy atom. The van der Waals surface area contributed by atoms with Gasteiger partial charge in [0.05, 0.1) is 0 Å². The van der Waals surface area contributed by atoms with Crippen LogP contribution in [0.5, 0.6) is 0 Å². The van der Waals surface area contributed by atoms with Crippen LogP contribution >= 0.6 is 23.4 Å². The summed E-state index contributed by atoms with van der Waals surface area (Å²) in [6, 6.07) is 0. The Labute approximate surface area is 111 Å². The standard InChI is InChI=1S/C7H9ClN2S.C2H2F3NO/c1-2-3-11-6-4-9-7(8)10-5-6;3-2(4,5)1(6)7/h4-5H,2-3H2,1H3;(H2,6,7). The van der Waals surface area contributed by atoms with E-state index in [4.69, 9.17) is 16.4 Å². The normalized spacial score (nSPS) is 10.5. The second-order valence-electron chi connectivity index (χ2n) is 2.90. The summed E-state index contributed by atoms with van der Waals surface area (Å²) in [7, 11) is 0. The van der Waals surface area contributed by atoms with E-state index in [2.05, 4.69) is 22.6 Å². The molecule has 9 heteroatoms. The predicted molar refractivity (Wildman–Crippen MR) is 63.3 cm³/mol. The molecule has 0 spiro atoms. The highest BCUT2D eigenvalue weighted by atomic mass is 35.5. The van der Waals surface area contributed by atoms with Gasteiger partial charge in [0, 0.05) is 17.3 Å². The summed E-state index contributed by atoms with van der Waals surface area (Å²) in [5, 5.41) is 0.311. The summed E-state index contributed by atoms with van der Waals surface area (Å²) in [4.78, 5) is 17.9. The first-order chi connectivity index (χ1) is 8.27. The number of hydrogen-bond donors (Lipinski definition) is 1. The predicted octanol–water partition coefficient (Wildman–Crippen LogP) is 2.67. The van der Waals surface area contributed by atoms with Gasteiger partial charge in [-0.1, -0.05) is 6.92 Å². The van der Waals surface area contributed by atoms with Crippen LogP contribution in [0.15, 0.2) is 17.3 Å². The van der Waals surface area contributed by atoms with E-state index in [0.717, 1.165) is 17.1 Å². The molecule has 1 amide bonds. The summed E-state index contributed by atoms with van der Waals surface area (Å²) in [6.45, 7) is 2.14. The number of carbonyl (C=O) groups is 1. The lowest BCUT2D eigenvalue weighted by molar-refractivity contribution is -0.169. The molecule has 0 aliphatic carbocycles. The number of carbonyl (C=O) groups excluding carboxylic acids is 1. The first-order valence-electron chi connectivity index (χ1n) is 4.74. The van der Waals surface area contributed by atoms with Crippen LogP contribution in [0.4, 0.5) is 13.2 Å². The van der Waals surface area contributed by atoms with Crippen LogP contribution in [-0.4, -0.2) is 27.8 Å². The van der Waals surface area contributed by atoms with Gasteiger partial charge in [-0.05, 0) is 23.8 Å². The first kappa shape index (κ1) is 17.0. The van der Waals surface area contributed by atoms with Crippen LogP contribution in [0.3, 0.4) is 0 Å². The van der Waals surface area contributed by atoms with Gasteiger partial charge >= 0.3 is 12.1 Å². The van der Waals surface area contributed by atoms with Gasteiger partial charge in [0.1, 0.15) is 0 Å². The maximum Gasteiger partial charge on any atom is 0.470 e. The molecule has 1 aromatic heterocycles. The van der Waals surface area contributed by atoms with Gasteiger partial charge < -0.3 is 5.73 Å². The smallest absolute Gasteiger partial charge is 0.362 e. The molecule has 0 unspecified atom stereocenters. The van der Waals surface area contributed by atoms with E-state index in [1.807, 2.05) is 0 Å². The van der Waals surface area contributed by atoms with Crippen molar-refractivity contribution in [3.8, 4) is 0 Å². The second-order valence-corrected chi connectivity index (χ2v) is 4.40. The minimum Gasteiger partial charge on any atom is -0.362 e. The zero-order chi connectivity index (χ0) is 14.2. The van der Waals surface area contributed by atoms with Crippen LogP contribution < -0.4 is 5.73 Å². The van der Waals surface area contributed by atoms with E-state index < -0.39 is 12.1 Å². The average molecular weight is 302 g/mol. The number of nitrogens with zero attached hydrogens (tertiary/aromatic N) is 2. The summed E-state index contributed by atoms with van der Waals surface area (Å²) in [5.74, 6) is -1.15. The Hall–Kier alpha value is -1.02. The Kier molecular flexibility index (Phi) is 7.69. The Morgan fingerprint density at radius 2 is 1.89 bits per heavy atom. The number of hydrogen-bond acceptors (Lipinski definition) is 4. The number of rotatable bonds is 3. The summed E-state index contributed by atoms with van der Waals surface area (Å²) in [5.41, 5.74) is 3.81. The Balaban J connectivity index is 0.000000360. The minimum atomic E-state index is -4.86. The molecule has 2 N–H and O–H groups in total. The molecule has 102 valence electrons. The summed E-state index contributed by atoms with van der Waals surface area (Å²) < 4.78 is 32.1. The van der Waals surface area contributed by atoms with Gasteiger partial charge in [0.25, 0.3) is 0 Å². The quantitative estimate of drug-likeness (QED) is 0.688. The topological polar surface area (TPSA) is 68.9 Å². The molecule has 4 nitrogen and oxygen atoms in total. The van der Waals surface area contributed by atoms with Gasteiger partial charge in [-0.15, -0.1) is 11.8 Å². The van der Waals surface area contributed by atoms with Crippen molar-refractivity contribution in [2.24, 2.45) is 5.73 Å². The van der Waals surface area contributed by atoms with Gasteiger partial charge in [-0.2, -0.15) is 13.2 Å². The minimum absolute atomic E-state index is 0.311. The fourth-order valence-electron chi connectivity index (χ4n) is 0.595. The number of aromatic nitrogens is 2. The molecular formula is C9H11ClF3N3OS. The second kappa shape index (κ2) is 8.15. The number of primary amides is 1. The average Bonchev–Trinajstić information content (AvgIpc) is 2.28. The van der Waals surface area contributed by atoms with Gasteiger partial charge in [-0.3, -0.25) is 4.79 Å². The lowest BCUT2D eigenvalue weighted by atomic mass is 10.6. The molecule has 1 rings (SSSR count). The summed E-state index contributed by atoms with van der Waals surface area (Å²) in [6.07, 6.45) is -0.210. The molecule has 0 aliphatic heterocycles. The number of nitrogens with two attached hydrogens (primary N) is 1. The number of halogens is 4. The molecule has 0 atom stereocenters. The first-order valence-corrected chi connectivity index (χ1v) is 6.10. The molecule has 18 heavy (non-hydrogen) atoms. The fourth-order valence-corrected chi connectivity index (χ4v) is 1.39. The third-order valence-electron chi connectivity index (χ3n) is 1.35. The van der Waals surface area contributed by atoms with Gasteiger partial charge in [0.2, 0.25) is 5.28 Å². The van der Waals surface area contributed by atoms with E-state index >= 15 is 0 Å². The molecule has 0 saturated heterocycles. The molecule has 1 aromatic rings. The van der Waals surface area contributed by atoms with Crippen molar-refractivity contribution in [2.45, 2.75) is 24.4 Å². The third kappa shape index (κ3) is 8.13. The van der Waals surface area contributed by atoms with Crippen molar-refractivity contribution in [2.75, 3.05) is 5.75 Å². The Bertz CT molecular complexity index is 372. The van der Waals surface area contributed by atoms with Crippen LogP contribution in [-0.2, 0) is 4.79 Å². The molecule has 0 saturated carbocycles. The van der Waals surface area contributed by atoms with E-state index in [1.165, 1.54) is 0 Å².